The summed E-state index contributed by atoms with van der Waals surface area (Å²) in [5, 5.41) is 4.23. The monoisotopic (exact) mass is 499 g/mol. The van der Waals surface area contributed by atoms with E-state index in [1.165, 1.54) is 25.3 Å². The Morgan fingerprint density at radius 1 is 1.10 bits per heavy atom. The van der Waals surface area contributed by atoms with Gasteiger partial charge in [-0.15, -0.1) is 0 Å². The maximum atomic E-state index is 14.6. The molecule has 1 saturated carbocycles. The molecule has 2 unspecified atom stereocenters. The van der Waals surface area contributed by atoms with Crippen LogP contribution in [0.1, 0.15) is 55.6 Å². The molecule has 2 atom stereocenters. The summed E-state index contributed by atoms with van der Waals surface area (Å²) in [7, 11) is 0. The largest absolute Gasteiger partial charge is 0.459 e. The van der Waals surface area contributed by atoms with Crippen LogP contribution in [0.15, 0.2) is 63.6 Å². The van der Waals surface area contributed by atoms with Crippen molar-refractivity contribution in [1.82, 2.24) is 15.2 Å². The zero-order valence-electron chi connectivity index (χ0n) is 16.9. The third-order valence-electron chi connectivity index (χ3n) is 6.22. The second kappa shape index (κ2) is 8.71. The average molecular weight is 500 g/mol. The molecule has 31 heavy (non-hydrogen) atoms. The number of halogens is 2. The highest BCUT2D eigenvalue weighted by Gasteiger charge is 2.44. The van der Waals surface area contributed by atoms with Gasteiger partial charge in [0, 0.05) is 16.7 Å². The number of pyridine rings is 1. The molecular formula is C24H23BrFN3OS. The molecule has 2 aromatic heterocycles. The molecule has 2 aliphatic rings. The Balaban J connectivity index is 1.55. The molecule has 1 aromatic carbocycles. The van der Waals surface area contributed by atoms with Crippen molar-refractivity contribution >= 4 is 33.3 Å². The van der Waals surface area contributed by atoms with E-state index in [-0.39, 0.29) is 17.9 Å². The third kappa shape index (κ3) is 4.01. The van der Waals surface area contributed by atoms with Gasteiger partial charge in [-0.1, -0.05) is 41.3 Å². The maximum Gasteiger partial charge on any atom is 0.170 e. The number of nitrogens with zero attached hydrogens (tertiary/aromatic N) is 2. The van der Waals surface area contributed by atoms with Crippen LogP contribution in [0.2, 0.25) is 0 Å². The number of aromatic nitrogens is 1. The van der Waals surface area contributed by atoms with E-state index in [1.54, 1.807) is 12.3 Å². The molecule has 2 fully saturated rings. The van der Waals surface area contributed by atoms with E-state index in [0.717, 1.165) is 29.4 Å². The Bertz CT molecular complexity index is 1080. The molecule has 7 heteroatoms. The molecule has 0 bridgehead atoms. The molecule has 1 N–H and O–H groups in total. The van der Waals surface area contributed by atoms with Crippen molar-refractivity contribution in [3.63, 3.8) is 0 Å². The smallest absolute Gasteiger partial charge is 0.170 e. The van der Waals surface area contributed by atoms with E-state index in [1.807, 2.05) is 36.4 Å². The number of nitrogens with one attached hydrogen (secondary N) is 1. The summed E-state index contributed by atoms with van der Waals surface area (Å²) in [5.74, 6) is 0.966. The van der Waals surface area contributed by atoms with E-state index in [2.05, 4.69) is 31.1 Å². The van der Waals surface area contributed by atoms with Crippen LogP contribution in [-0.4, -0.2) is 21.0 Å². The number of thiocarbonyl (C=S) groups is 1. The van der Waals surface area contributed by atoms with Gasteiger partial charge in [0.25, 0.3) is 0 Å². The minimum atomic E-state index is -0.319. The van der Waals surface area contributed by atoms with Crippen LogP contribution in [0.4, 0.5) is 4.39 Å². The van der Waals surface area contributed by atoms with Gasteiger partial charge in [-0.25, -0.2) is 4.39 Å². The van der Waals surface area contributed by atoms with Crippen LogP contribution < -0.4 is 5.32 Å². The molecule has 4 nitrogen and oxygen atoms in total. The molecule has 0 amide bonds. The summed E-state index contributed by atoms with van der Waals surface area (Å²) in [6, 6.07) is 14.8. The first-order chi connectivity index (χ1) is 15.1. The highest BCUT2D eigenvalue weighted by atomic mass is 79.9. The Kier molecular flexibility index (Phi) is 5.80. The number of furan rings is 1. The van der Waals surface area contributed by atoms with E-state index in [4.69, 9.17) is 16.6 Å². The van der Waals surface area contributed by atoms with E-state index >= 15 is 0 Å². The fourth-order valence-corrected chi connectivity index (χ4v) is 5.49. The number of hydrogen-bond donors (Lipinski definition) is 1. The zero-order valence-corrected chi connectivity index (χ0v) is 19.3. The average Bonchev–Trinajstić information content (AvgIpc) is 3.39. The first-order valence-electron chi connectivity index (χ1n) is 10.7. The SMILES string of the molecule is Fc1cc(Br)ccc1-c1ccc(C2C(c3ccccn3)NC(=S)N2C2CCCCC2)o1. The van der Waals surface area contributed by atoms with Gasteiger partial charge >= 0.3 is 0 Å². The van der Waals surface area contributed by atoms with Gasteiger partial charge in [-0.3, -0.25) is 4.98 Å². The molecule has 3 aromatic rings. The summed E-state index contributed by atoms with van der Waals surface area (Å²) in [6.07, 6.45) is 7.71. The zero-order chi connectivity index (χ0) is 21.4. The topological polar surface area (TPSA) is 41.3 Å². The predicted molar refractivity (Wildman–Crippen MR) is 126 cm³/mol. The summed E-state index contributed by atoms with van der Waals surface area (Å²) in [4.78, 5) is 6.88. The second-order valence-electron chi connectivity index (χ2n) is 8.15. The van der Waals surface area contributed by atoms with Crippen molar-refractivity contribution < 1.29 is 8.81 Å². The Hall–Kier alpha value is -2.25. The molecule has 160 valence electrons. The first-order valence-corrected chi connectivity index (χ1v) is 11.9. The van der Waals surface area contributed by atoms with Gasteiger partial charge in [0.2, 0.25) is 0 Å². The lowest BCUT2D eigenvalue weighted by atomic mass is 9.92. The van der Waals surface area contributed by atoms with Crippen LogP contribution in [0.5, 0.6) is 0 Å². The quantitative estimate of drug-likeness (QED) is 0.412. The highest BCUT2D eigenvalue weighted by molar-refractivity contribution is 9.10. The molecule has 0 spiro atoms. The predicted octanol–water partition coefficient (Wildman–Crippen LogP) is 6.55. The van der Waals surface area contributed by atoms with Gasteiger partial charge in [0.15, 0.2) is 5.11 Å². The van der Waals surface area contributed by atoms with Gasteiger partial charge < -0.3 is 14.6 Å². The lowest BCUT2D eigenvalue weighted by Crippen LogP contribution is -2.40. The van der Waals surface area contributed by atoms with Crippen LogP contribution in [0.3, 0.4) is 0 Å². The van der Waals surface area contributed by atoms with E-state index in [9.17, 15) is 4.39 Å². The van der Waals surface area contributed by atoms with Gasteiger partial charge in [-0.2, -0.15) is 0 Å². The maximum absolute atomic E-state index is 14.6. The van der Waals surface area contributed by atoms with Crippen LogP contribution in [-0.2, 0) is 0 Å². The van der Waals surface area contributed by atoms with Gasteiger partial charge in [-0.05, 0) is 67.5 Å². The number of rotatable bonds is 4. The summed E-state index contributed by atoms with van der Waals surface area (Å²) in [6.45, 7) is 0. The van der Waals surface area contributed by atoms with Crippen LogP contribution >= 0.6 is 28.1 Å². The number of benzene rings is 1. The summed E-state index contributed by atoms with van der Waals surface area (Å²) >= 11 is 9.10. The van der Waals surface area contributed by atoms with Crippen molar-refractivity contribution in [3.8, 4) is 11.3 Å². The highest BCUT2D eigenvalue weighted by Crippen LogP contribution is 2.43. The van der Waals surface area contributed by atoms with Crippen molar-refractivity contribution in [2.45, 2.75) is 50.2 Å². The molecule has 3 heterocycles. The third-order valence-corrected chi connectivity index (χ3v) is 7.04. The summed E-state index contributed by atoms with van der Waals surface area (Å²) in [5.41, 5.74) is 1.36. The van der Waals surface area contributed by atoms with Crippen molar-refractivity contribution in [3.05, 3.63) is 76.5 Å². The second-order valence-corrected chi connectivity index (χ2v) is 9.45. The molecule has 1 aliphatic carbocycles. The Labute approximate surface area is 195 Å². The standard InChI is InChI=1S/C24H23BrFN3OS/c25-15-9-10-17(18(26)14-15)20-11-12-21(30-20)23-22(19-8-4-5-13-27-19)28-24(31)29(23)16-6-2-1-3-7-16/h4-5,8-14,16,22-23H,1-3,6-7H2,(H,28,31). The first kappa shape index (κ1) is 20.6. The molecule has 0 radical (unpaired) electrons. The Morgan fingerprint density at radius 3 is 2.68 bits per heavy atom. The van der Waals surface area contributed by atoms with Gasteiger partial charge in [0.1, 0.15) is 23.4 Å². The lowest BCUT2D eigenvalue weighted by molar-refractivity contribution is 0.179. The summed E-state index contributed by atoms with van der Waals surface area (Å²) < 4.78 is 21.5. The lowest BCUT2D eigenvalue weighted by Gasteiger charge is -2.36. The van der Waals surface area contributed by atoms with Crippen molar-refractivity contribution in [1.29, 1.82) is 0 Å². The van der Waals surface area contributed by atoms with Crippen molar-refractivity contribution in [2.24, 2.45) is 0 Å². The molecular weight excluding hydrogens is 477 g/mol. The normalized spacial score (nSPS) is 22.0. The van der Waals surface area contributed by atoms with Gasteiger partial charge in [0.05, 0.1) is 17.3 Å². The minimum Gasteiger partial charge on any atom is -0.459 e. The molecule has 5 rings (SSSR count). The van der Waals surface area contributed by atoms with E-state index < -0.39 is 0 Å². The fourth-order valence-electron chi connectivity index (χ4n) is 4.77. The van der Waals surface area contributed by atoms with E-state index in [0.29, 0.717) is 21.8 Å². The Morgan fingerprint density at radius 2 is 1.94 bits per heavy atom. The van der Waals surface area contributed by atoms with Crippen LogP contribution in [0, 0.1) is 5.82 Å². The number of hydrogen-bond acceptors (Lipinski definition) is 3. The fraction of sp³-hybridized carbons (Fsp3) is 0.333. The van der Waals surface area contributed by atoms with Crippen LogP contribution in [0.25, 0.3) is 11.3 Å². The van der Waals surface area contributed by atoms with Crippen molar-refractivity contribution in [2.75, 3.05) is 0 Å². The molecule has 1 saturated heterocycles. The molecule has 1 aliphatic heterocycles. The minimum absolute atomic E-state index is 0.121.